The molecule has 2 spiro atoms. The highest BCUT2D eigenvalue weighted by molar-refractivity contribution is 5.66. The van der Waals surface area contributed by atoms with Crippen LogP contribution in [0.1, 0.15) is 126 Å². The quantitative estimate of drug-likeness (QED) is 0.353. The van der Waals surface area contributed by atoms with Gasteiger partial charge in [-0.2, -0.15) is 0 Å². The summed E-state index contributed by atoms with van der Waals surface area (Å²) in [5, 5.41) is 20.9. The molecular formula is C33H56O4. The van der Waals surface area contributed by atoms with Crippen LogP contribution in [0.2, 0.25) is 0 Å². The topological polar surface area (TPSA) is 66.8 Å². The summed E-state index contributed by atoms with van der Waals surface area (Å²) < 4.78 is 5.90. The molecule has 5 aliphatic rings. The van der Waals surface area contributed by atoms with Gasteiger partial charge in [0.25, 0.3) is 0 Å². The van der Waals surface area contributed by atoms with Crippen LogP contribution in [0.15, 0.2) is 0 Å². The zero-order valence-corrected chi connectivity index (χ0v) is 25.2. The third-order valence-electron chi connectivity index (χ3n) is 14.5. The van der Waals surface area contributed by atoms with Gasteiger partial charge in [0.2, 0.25) is 0 Å². The SMILES string of the molecule is CC(=O)O[C@H]1CC[C@]23CC24CC[C@]2(C)[C@@H]([C@H](C)CCC(O)(CO)C(C)C)CC[C@@]2(C)[C@@H]4CC[C@H]3C1(C)C. The van der Waals surface area contributed by atoms with Crippen LogP contribution < -0.4 is 0 Å². The summed E-state index contributed by atoms with van der Waals surface area (Å²) in [5.41, 5.74) is 0.838. The molecule has 0 amide bonds. The van der Waals surface area contributed by atoms with Crippen molar-refractivity contribution in [3.63, 3.8) is 0 Å². The van der Waals surface area contributed by atoms with Crippen molar-refractivity contribution in [2.45, 2.75) is 138 Å². The predicted octanol–water partition coefficient (Wildman–Crippen LogP) is 7.15. The number of carbonyl (C=O) groups excluding carboxylic acids is 1. The van der Waals surface area contributed by atoms with Gasteiger partial charge >= 0.3 is 5.97 Å². The van der Waals surface area contributed by atoms with Crippen molar-refractivity contribution in [1.29, 1.82) is 0 Å². The van der Waals surface area contributed by atoms with Gasteiger partial charge in [-0.25, -0.2) is 0 Å². The lowest BCUT2D eigenvalue weighted by Gasteiger charge is -2.63. The van der Waals surface area contributed by atoms with Crippen molar-refractivity contribution >= 4 is 5.97 Å². The molecule has 10 atom stereocenters. The van der Waals surface area contributed by atoms with Gasteiger partial charge in [-0.05, 0) is 122 Å². The average Bonchev–Trinajstić information content (AvgIpc) is 3.41. The predicted molar refractivity (Wildman–Crippen MR) is 148 cm³/mol. The number of aliphatic hydroxyl groups excluding tert-OH is 1. The van der Waals surface area contributed by atoms with E-state index in [1.165, 1.54) is 51.4 Å². The van der Waals surface area contributed by atoms with Crippen molar-refractivity contribution in [3.05, 3.63) is 0 Å². The number of esters is 1. The fraction of sp³-hybridized carbons (Fsp3) is 0.970. The maximum Gasteiger partial charge on any atom is 0.302 e. The number of ether oxygens (including phenoxy) is 1. The Hall–Kier alpha value is -0.610. The molecule has 4 nitrogen and oxygen atoms in total. The van der Waals surface area contributed by atoms with Crippen LogP contribution >= 0.6 is 0 Å². The summed E-state index contributed by atoms with van der Waals surface area (Å²) in [6.45, 7) is 18.0. The van der Waals surface area contributed by atoms with Gasteiger partial charge in [0.05, 0.1) is 12.2 Å². The van der Waals surface area contributed by atoms with Crippen molar-refractivity contribution < 1.29 is 19.7 Å². The molecule has 37 heavy (non-hydrogen) atoms. The van der Waals surface area contributed by atoms with Gasteiger partial charge in [-0.15, -0.1) is 0 Å². The first-order valence-electron chi connectivity index (χ1n) is 15.6. The number of carbonyl (C=O) groups is 1. The Labute approximate surface area is 226 Å². The van der Waals surface area contributed by atoms with Gasteiger partial charge in [0, 0.05) is 12.3 Å². The summed E-state index contributed by atoms with van der Waals surface area (Å²) in [5.74, 6) is 2.72. The Morgan fingerprint density at radius 2 is 1.57 bits per heavy atom. The highest BCUT2D eigenvalue weighted by atomic mass is 16.5. The molecule has 5 rings (SSSR count). The molecule has 5 aliphatic carbocycles. The second kappa shape index (κ2) is 8.69. The molecule has 0 aromatic rings. The standard InChI is InChI=1S/C33H56O4/c1-21(2)33(36,20-34)16-11-22(3)24-12-14-30(8)26-10-9-25-28(5,6)27(37-23(4)35)13-15-31(25)19-32(26,31)18-17-29(24,30)7/h21-22,24-27,34,36H,9-20H2,1-8H3/t22-,24-,25+,26+,27+,29-,30+,31-,32?,33?/m1/s1. The first-order chi connectivity index (χ1) is 17.1. The second-order valence-electron chi connectivity index (χ2n) is 16.0. The fourth-order valence-corrected chi connectivity index (χ4v) is 11.9. The first-order valence-corrected chi connectivity index (χ1v) is 15.6. The van der Waals surface area contributed by atoms with Crippen LogP contribution in [0.25, 0.3) is 0 Å². The van der Waals surface area contributed by atoms with Crippen LogP contribution in [0.4, 0.5) is 0 Å². The van der Waals surface area contributed by atoms with Crippen LogP contribution in [-0.4, -0.2) is 34.5 Å². The molecule has 0 bridgehead atoms. The van der Waals surface area contributed by atoms with Crippen LogP contribution in [0, 0.1) is 56.7 Å². The molecule has 0 aromatic heterocycles. The van der Waals surface area contributed by atoms with Gasteiger partial charge in [0.1, 0.15) is 6.10 Å². The lowest BCUT2D eigenvalue weighted by molar-refractivity contribution is -0.181. The largest absolute Gasteiger partial charge is 0.462 e. The van der Waals surface area contributed by atoms with E-state index in [9.17, 15) is 15.0 Å². The molecule has 0 saturated heterocycles. The minimum Gasteiger partial charge on any atom is -0.462 e. The molecule has 0 aromatic carbocycles. The summed E-state index contributed by atoms with van der Waals surface area (Å²) in [6, 6.07) is 0. The van der Waals surface area contributed by atoms with E-state index >= 15 is 0 Å². The minimum absolute atomic E-state index is 0.0622. The molecule has 0 aliphatic heterocycles. The molecule has 5 saturated carbocycles. The van der Waals surface area contributed by atoms with Crippen LogP contribution in [-0.2, 0) is 9.53 Å². The van der Waals surface area contributed by atoms with Crippen molar-refractivity contribution in [2.75, 3.05) is 6.61 Å². The van der Waals surface area contributed by atoms with Crippen LogP contribution in [0.3, 0.4) is 0 Å². The van der Waals surface area contributed by atoms with E-state index < -0.39 is 5.60 Å². The molecule has 0 radical (unpaired) electrons. The molecule has 4 heteroatoms. The Kier molecular flexibility index (Phi) is 6.56. The highest BCUT2D eigenvalue weighted by Gasteiger charge is 2.82. The number of hydrogen-bond acceptors (Lipinski definition) is 4. The minimum atomic E-state index is -0.954. The monoisotopic (exact) mass is 516 g/mol. The summed E-state index contributed by atoms with van der Waals surface area (Å²) in [6.07, 6.45) is 13.5. The molecule has 212 valence electrons. The number of rotatable bonds is 7. The van der Waals surface area contributed by atoms with Crippen molar-refractivity contribution in [2.24, 2.45) is 56.7 Å². The lowest BCUT2D eigenvalue weighted by atomic mass is 9.41. The molecular weight excluding hydrogens is 460 g/mol. The summed E-state index contributed by atoms with van der Waals surface area (Å²) in [7, 11) is 0. The van der Waals surface area contributed by atoms with E-state index in [0.29, 0.717) is 45.8 Å². The highest BCUT2D eigenvalue weighted by Crippen LogP contribution is 2.89. The molecule has 5 fully saturated rings. The Bertz CT molecular complexity index is 912. The third kappa shape index (κ3) is 3.62. The summed E-state index contributed by atoms with van der Waals surface area (Å²) >= 11 is 0. The van der Waals surface area contributed by atoms with Crippen molar-refractivity contribution in [1.82, 2.24) is 0 Å². The number of aliphatic hydroxyl groups is 2. The van der Waals surface area contributed by atoms with E-state index in [1.807, 2.05) is 13.8 Å². The fourth-order valence-electron chi connectivity index (χ4n) is 11.9. The zero-order chi connectivity index (χ0) is 27.2. The second-order valence-corrected chi connectivity index (χ2v) is 16.0. The molecule has 0 heterocycles. The third-order valence-corrected chi connectivity index (χ3v) is 14.5. The van der Waals surface area contributed by atoms with E-state index in [2.05, 4.69) is 34.6 Å². The Morgan fingerprint density at radius 1 is 0.919 bits per heavy atom. The van der Waals surface area contributed by atoms with Crippen molar-refractivity contribution in [3.8, 4) is 0 Å². The number of fused-ring (bicyclic) bond motifs is 2. The van der Waals surface area contributed by atoms with Gasteiger partial charge in [-0.1, -0.05) is 48.5 Å². The molecule has 2 N–H and O–H groups in total. The van der Waals surface area contributed by atoms with Gasteiger partial charge < -0.3 is 14.9 Å². The lowest BCUT2D eigenvalue weighted by Crippen LogP contribution is -2.58. The van der Waals surface area contributed by atoms with E-state index in [0.717, 1.165) is 18.8 Å². The van der Waals surface area contributed by atoms with E-state index in [4.69, 9.17) is 4.74 Å². The maximum absolute atomic E-state index is 11.9. The number of hydrogen-bond donors (Lipinski definition) is 2. The van der Waals surface area contributed by atoms with E-state index in [-0.39, 0.29) is 30.0 Å². The average molecular weight is 517 g/mol. The summed E-state index contributed by atoms with van der Waals surface area (Å²) in [4.78, 5) is 11.9. The van der Waals surface area contributed by atoms with Crippen LogP contribution in [0.5, 0.6) is 0 Å². The van der Waals surface area contributed by atoms with E-state index in [1.54, 1.807) is 6.92 Å². The van der Waals surface area contributed by atoms with Gasteiger partial charge in [0.15, 0.2) is 0 Å². The van der Waals surface area contributed by atoms with Gasteiger partial charge in [-0.3, -0.25) is 4.79 Å². The zero-order valence-electron chi connectivity index (χ0n) is 25.2. The maximum atomic E-state index is 11.9. The smallest absolute Gasteiger partial charge is 0.302 e. The normalized spacial score (nSPS) is 48.2. The molecule has 2 unspecified atom stereocenters. The first kappa shape index (κ1) is 27.9. The Balaban J connectivity index is 1.36. The Morgan fingerprint density at radius 3 is 2.19 bits per heavy atom.